The van der Waals surface area contributed by atoms with Gasteiger partial charge in [-0.3, -0.25) is 0 Å². The quantitative estimate of drug-likeness (QED) is 0.833. The molecule has 0 aromatic carbocycles. The van der Waals surface area contributed by atoms with Crippen molar-refractivity contribution in [1.82, 2.24) is 14.9 Å². The first-order valence-corrected chi connectivity index (χ1v) is 8.02. The third-order valence-corrected chi connectivity index (χ3v) is 4.52. The van der Waals surface area contributed by atoms with Gasteiger partial charge in [0.15, 0.2) is 0 Å². The van der Waals surface area contributed by atoms with Gasteiger partial charge in [0.1, 0.15) is 5.82 Å². The van der Waals surface area contributed by atoms with Crippen LogP contribution in [0, 0.1) is 5.92 Å². The molecule has 1 aromatic rings. The van der Waals surface area contributed by atoms with Crippen molar-refractivity contribution >= 4 is 0 Å². The molecule has 1 N–H and O–H groups in total. The second-order valence-corrected chi connectivity index (χ2v) is 5.84. The first-order chi connectivity index (χ1) is 9.81. The van der Waals surface area contributed by atoms with Gasteiger partial charge in [0.05, 0.1) is 12.1 Å². The van der Waals surface area contributed by atoms with Crippen molar-refractivity contribution in [2.45, 2.75) is 64.1 Å². The number of ether oxygens (including phenoxy) is 1. The van der Waals surface area contributed by atoms with Crippen molar-refractivity contribution < 1.29 is 4.74 Å². The summed E-state index contributed by atoms with van der Waals surface area (Å²) in [5.41, 5.74) is 0. The molecule has 1 aromatic heterocycles. The standard InChI is InChI=1S/C16H29N3O/c1-4-11-19-12-10-18-16(19)14(17-2)15(20-3)13-8-6-5-7-9-13/h10,12-15,17H,4-9,11H2,1-3H3. The molecule has 0 aliphatic heterocycles. The number of imidazole rings is 1. The summed E-state index contributed by atoms with van der Waals surface area (Å²) in [6, 6.07) is 0.185. The molecule has 2 unspecified atom stereocenters. The Labute approximate surface area is 122 Å². The van der Waals surface area contributed by atoms with Gasteiger partial charge in [-0.05, 0) is 32.2 Å². The molecular weight excluding hydrogens is 250 g/mol. The zero-order valence-corrected chi connectivity index (χ0v) is 13.1. The van der Waals surface area contributed by atoms with E-state index in [2.05, 4.69) is 28.0 Å². The van der Waals surface area contributed by atoms with Crippen LogP contribution in [-0.2, 0) is 11.3 Å². The molecule has 2 rings (SSSR count). The molecule has 1 heterocycles. The molecule has 0 spiro atoms. The number of hydrogen-bond acceptors (Lipinski definition) is 3. The fourth-order valence-corrected chi connectivity index (χ4v) is 3.53. The van der Waals surface area contributed by atoms with Gasteiger partial charge in [-0.25, -0.2) is 4.98 Å². The molecule has 0 radical (unpaired) electrons. The average molecular weight is 279 g/mol. The molecule has 1 saturated carbocycles. The molecular formula is C16H29N3O. The highest BCUT2D eigenvalue weighted by Gasteiger charge is 2.33. The highest BCUT2D eigenvalue weighted by atomic mass is 16.5. The van der Waals surface area contributed by atoms with E-state index >= 15 is 0 Å². The monoisotopic (exact) mass is 279 g/mol. The molecule has 0 amide bonds. The zero-order valence-electron chi connectivity index (χ0n) is 13.1. The van der Waals surface area contributed by atoms with Crippen LogP contribution in [0.25, 0.3) is 0 Å². The van der Waals surface area contributed by atoms with Crippen LogP contribution >= 0.6 is 0 Å². The second kappa shape index (κ2) is 7.79. The third kappa shape index (κ3) is 3.41. The SMILES string of the molecule is CCCn1ccnc1C(NC)C(OC)C1CCCCC1. The molecule has 1 aliphatic rings. The molecule has 4 nitrogen and oxygen atoms in total. The molecule has 4 heteroatoms. The Balaban J connectivity index is 2.17. The van der Waals surface area contributed by atoms with E-state index in [1.165, 1.54) is 32.1 Å². The van der Waals surface area contributed by atoms with E-state index in [0.29, 0.717) is 5.92 Å². The Kier molecular flexibility index (Phi) is 6.05. The predicted molar refractivity (Wildman–Crippen MR) is 81.7 cm³/mol. The second-order valence-electron chi connectivity index (χ2n) is 5.84. The first kappa shape index (κ1) is 15.5. The summed E-state index contributed by atoms with van der Waals surface area (Å²) in [5.74, 6) is 1.77. The lowest BCUT2D eigenvalue weighted by Gasteiger charge is -2.34. The van der Waals surface area contributed by atoms with Crippen LogP contribution in [0.4, 0.5) is 0 Å². The fourth-order valence-electron chi connectivity index (χ4n) is 3.53. The molecule has 114 valence electrons. The minimum absolute atomic E-state index is 0.185. The Morgan fingerprint density at radius 2 is 2.15 bits per heavy atom. The first-order valence-electron chi connectivity index (χ1n) is 8.02. The lowest BCUT2D eigenvalue weighted by atomic mass is 9.82. The van der Waals surface area contributed by atoms with Crippen molar-refractivity contribution in [3.63, 3.8) is 0 Å². The summed E-state index contributed by atoms with van der Waals surface area (Å²) < 4.78 is 8.14. The zero-order chi connectivity index (χ0) is 14.4. The Morgan fingerprint density at radius 1 is 1.40 bits per heavy atom. The summed E-state index contributed by atoms with van der Waals surface area (Å²) in [5, 5.41) is 3.44. The van der Waals surface area contributed by atoms with Gasteiger partial charge in [-0.15, -0.1) is 0 Å². The summed E-state index contributed by atoms with van der Waals surface area (Å²) in [6.07, 6.45) is 12.0. The van der Waals surface area contributed by atoms with Crippen LogP contribution in [-0.4, -0.2) is 29.8 Å². The minimum Gasteiger partial charge on any atom is -0.379 e. The minimum atomic E-state index is 0.185. The number of hydrogen-bond donors (Lipinski definition) is 1. The number of rotatable bonds is 7. The molecule has 0 bridgehead atoms. The third-order valence-electron chi connectivity index (χ3n) is 4.52. The van der Waals surface area contributed by atoms with Gasteiger partial charge < -0.3 is 14.6 Å². The van der Waals surface area contributed by atoms with Gasteiger partial charge >= 0.3 is 0 Å². The number of likely N-dealkylation sites (N-methyl/N-ethyl adjacent to an activating group) is 1. The fraction of sp³-hybridized carbons (Fsp3) is 0.812. The smallest absolute Gasteiger partial charge is 0.128 e. The van der Waals surface area contributed by atoms with Crippen molar-refractivity contribution in [2.24, 2.45) is 5.92 Å². The van der Waals surface area contributed by atoms with Crippen LogP contribution in [0.2, 0.25) is 0 Å². The molecule has 1 fully saturated rings. The lowest BCUT2D eigenvalue weighted by Crippen LogP contribution is -2.39. The highest BCUT2D eigenvalue weighted by Crippen LogP contribution is 2.33. The maximum atomic E-state index is 5.88. The van der Waals surface area contributed by atoms with Crippen molar-refractivity contribution in [2.75, 3.05) is 14.2 Å². The summed E-state index contributed by atoms with van der Waals surface area (Å²) in [6.45, 7) is 3.22. The van der Waals surface area contributed by atoms with E-state index in [0.717, 1.165) is 18.8 Å². The molecule has 1 aliphatic carbocycles. The van der Waals surface area contributed by atoms with Gasteiger partial charge in [-0.2, -0.15) is 0 Å². The van der Waals surface area contributed by atoms with Gasteiger partial charge in [0.25, 0.3) is 0 Å². The van der Waals surface area contributed by atoms with E-state index in [1.54, 1.807) is 0 Å². The number of aromatic nitrogens is 2. The van der Waals surface area contributed by atoms with Crippen molar-refractivity contribution in [3.8, 4) is 0 Å². The highest BCUT2D eigenvalue weighted by molar-refractivity contribution is 5.04. The maximum Gasteiger partial charge on any atom is 0.128 e. The van der Waals surface area contributed by atoms with E-state index in [1.807, 2.05) is 20.4 Å². The van der Waals surface area contributed by atoms with Gasteiger partial charge in [-0.1, -0.05) is 26.2 Å². The van der Waals surface area contributed by atoms with Crippen LogP contribution in [0.1, 0.15) is 57.3 Å². The van der Waals surface area contributed by atoms with E-state index < -0.39 is 0 Å². The number of aryl methyl sites for hydroxylation is 1. The molecule has 20 heavy (non-hydrogen) atoms. The lowest BCUT2D eigenvalue weighted by molar-refractivity contribution is 0.00642. The molecule has 2 atom stereocenters. The normalized spacial score (nSPS) is 19.9. The summed E-state index contributed by atoms with van der Waals surface area (Å²) in [4.78, 5) is 4.59. The Morgan fingerprint density at radius 3 is 2.75 bits per heavy atom. The van der Waals surface area contributed by atoms with E-state index in [9.17, 15) is 0 Å². The van der Waals surface area contributed by atoms with Gasteiger partial charge in [0, 0.05) is 26.0 Å². The van der Waals surface area contributed by atoms with E-state index in [4.69, 9.17) is 4.74 Å². The predicted octanol–water partition coefficient (Wildman–Crippen LogP) is 3.15. The van der Waals surface area contributed by atoms with Crippen LogP contribution in [0.15, 0.2) is 12.4 Å². The number of nitrogens with zero attached hydrogens (tertiary/aromatic N) is 2. The Bertz CT molecular complexity index is 385. The summed E-state index contributed by atoms with van der Waals surface area (Å²) >= 11 is 0. The van der Waals surface area contributed by atoms with E-state index in [-0.39, 0.29) is 12.1 Å². The van der Waals surface area contributed by atoms with Crippen molar-refractivity contribution in [3.05, 3.63) is 18.2 Å². The number of nitrogens with one attached hydrogen (secondary N) is 1. The van der Waals surface area contributed by atoms with Gasteiger partial charge in [0.2, 0.25) is 0 Å². The topological polar surface area (TPSA) is 39.1 Å². The average Bonchev–Trinajstić information content (AvgIpc) is 2.94. The maximum absolute atomic E-state index is 5.88. The van der Waals surface area contributed by atoms with Crippen LogP contribution in [0.3, 0.4) is 0 Å². The van der Waals surface area contributed by atoms with Crippen LogP contribution < -0.4 is 5.32 Å². The number of methoxy groups -OCH3 is 1. The van der Waals surface area contributed by atoms with Crippen molar-refractivity contribution in [1.29, 1.82) is 0 Å². The van der Waals surface area contributed by atoms with Crippen LogP contribution in [0.5, 0.6) is 0 Å². The Hall–Kier alpha value is -0.870. The molecule has 0 saturated heterocycles. The summed E-state index contributed by atoms with van der Waals surface area (Å²) in [7, 11) is 3.86. The largest absolute Gasteiger partial charge is 0.379 e.